The van der Waals surface area contributed by atoms with Gasteiger partial charge in [0.25, 0.3) is 0 Å². The first-order chi connectivity index (χ1) is 14.3. The first-order valence-corrected chi connectivity index (χ1v) is 11.0. The Morgan fingerprint density at radius 1 is 1.37 bits per heavy atom. The van der Waals surface area contributed by atoms with Crippen molar-refractivity contribution in [2.24, 2.45) is 22.7 Å². The van der Waals surface area contributed by atoms with Crippen LogP contribution in [0, 0.1) is 22.7 Å². The van der Waals surface area contributed by atoms with E-state index in [1.54, 1.807) is 12.3 Å². The van der Waals surface area contributed by atoms with Gasteiger partial charge in [0, 0.05) is 11.6 Å². The van der Waals surface area contributed by atoms with Crippen LogP contribution in [0.4, 0.5) is 0 Å². The fourth-order valence-corrected chi connectivity index (χ4v) is 6.43. The second-order valence-electron chi connectivity index (χ2n) is 9.65. The highest BCUT2D eigenvalue weighted by Crippen LogP contribution is 2.63. The molecular weight excluding hydrogens is 382 g/mol. The van der Waals surface area contributed by atoms with E-state index in [1.807, 2.05) is 6.92 Å². The van der Waals surface area contributed by atoms with E-state index in [0.717, 1.165) is 38.7 Å². The van der Waals surface area contributed by atoms with Gasteiger partial charge < -0.3 is 19.3 Å². The van der Waals surface area contributed by atoms with Gasteiger partial charge in [0.15, 0.2) is 6.29 Å². The van der Waals surface area contributed by atoms with E-state index >= 15 is 0 Å². The molecule has 2 aliphatic carbocycles. The molecule has 1 aromatic rings. The Labute approximate surface area is 178 Å². The van der Waals surface area contributed by atoms with E-state index in [1.165, 1.54) is 11.6 Å². The number of carboxylic acid groups (broad SMARTS) is 1. The summed E-state index contributed by atoms with van der Waals surface area (Å²) in [5.74, 6) is -0.0154. The SMILES string of the molecule is C=C1CCC2[C@]3(C)CO[C@@H](C)O[C@@H]3CC[C@@]2(C)[C@@H]1CCOc1ncccc1C(=O)O. The fourth-order valence-electron chi connectivity index (χ4n) is 6.43. The molecule has 1 N–H and O–H groups in total. The Morgan fingerprint density at radius 2 is 2.17 bits per heavy atom. The van der Waals surface area contributed by atoms with Crippen LogP contribution in [0.3, 0.4) is 0 Å². The minimum Gasteiger partial charge on any atom is -0.477 e. The molecule has 164 valence electrons. The molecule has 0 amide bonds. The lowest BCUT2D eigenvalue weighted by Crippen LogP contribution is -2.61. The predicted octanol–water partition coefficient (Wildman–Crippen LogP) is 4.70. The molecule has 6 nitrogen and oxygen atoms in total. The summed E-state index contributed by atoms with van der Waals surface area (Å²) in [7, 11) is 0. The summed E-state index contributed by atoms with van der Waals surface area (Å²) in [5, 5.41) is 9.35. The van der Waals surface area contributed by atoms with Crippen molar-refractivity contribution < 1.29 is 24.1 Å². The lowest BCUT2D eigenvalue weighted by atomic mass is 9.46. The average Bonchev–Trinajstić information content (AvgIpc) is 2.71. The van der Waals surface area contributed by atoms with Gasteiger partial charge in [0.1, 0.15) is 5.56 Å². The number of carbonyl (C=O) groups is 1. The molecule has 1 aliphatic heterocycles. The molecule has 0 bridgehead atoms. The smallest absolute Gasteiger partial charge is 0.341 e. The quantitative estimate of drug-likeness (QED) is 0.703. The minimum atomic E-state index is -1.02. The van der Waals surface area contributed by atoms with E-state index in [2.05, 4.69) is 25.4 Å². The number of ether oxygens (including phenoxy) is 3. The lowest BCUT2D eigenvalue weighted by Gasteiger charge is -2.62. The summed E-state index contributed by atoms with van der Waals surface area (Å²) >= 11 is 0. The van der Waals surface area contributed by atoms with Crippen LogP contribution in [0.25, 0.3) is 0 Å². The summed E-state index contributed by atoms with van der Waals surface area (Å²) in [4.78, 5) is 15.5. The van der Waals surface area contributed by atoms with Gasteiger partial charge in [-0.2, -0.15) is 0 Å². The first kappa shape index (κ1) is 21.3. The average molecular weight is 416 g/mol. The van der Waals surface area contributed by atoms with Crippen molar-refractivity contribution in [1.82, 2.24) is 4.98 Å². The molecule has 1 aromatic heterocycles. The fraction of sp³-hybridized carbons (Fsp3) is 0.667. The topological polar surface area (TPSA) is 77.9 Å². The molecule has 4 rings (SSSR count). The van der Waals surface area contributed by atoms with Crippen LogP contribution < -0.4 is 4.74 Å². The number of hydrogen-bond donors (Lipinski definition) is 1. The number of aromatic carboxylic acids is 1. The van der Waals surface area contributed by atoms with Gasteiger partial charge in [-0.05, 0) is 68.4 Å². The third-order valence-electron chi connectivity index (χ3n) is 7.95. The Morgan fingerprint density at radius 3 is 2.93 bits per heavy atom. The van der Waals surface area contributed by atoms with Crippen LogP contribution in [0.15, 0.2) is 30.5 Å². The summed E-state index contributed by atoms with van der Waals surface area (Å²) in [5.41, 5.74) is 1.50. The van der Waals surface area contributed by atoms with Gasteiger partial charge >= 0.3 is 5.97 Å². The zero-order valence-electron chi connectivity index (χ0n) is 18.2. The van der Waals surface area contributed by atoms with E-state index in [4.69, 9.17) is 14.2 Å². The Bertz CT molecular complexity index is 826. The molecule has 0 radical (unpaired) electrons. The molecule has 3 fully saturated rings. The molecule has 2 heterocycles. The molecule has 6 atom stereocenters. The minimum absolute atomic E-state index is 0.0107. The van der Waals surface area contributed by atoms with Crippen molar-refractivity contribution in [3.8, 4) is 5.88 Å². The number of pyridine rings is 1. The molecule has 0 aromatic carbocycles. The molecular formula is C24H33NO5. The van der Waals surface area contributed by atoms with Crippen molar-refractivity contribution in [2.45, 2.75) is 65.3 Å². The van der Waals surface area contributed by atoms with Crippen molar-refractivity contribution in [2.75, 3.05) is 13.2 Å². The highest BCUT2D eigenvalue weighted by Gasteiger charge is 2.59. The van der Waals surface area contributed by atoms with E-state index in [9.17, 15) is 9.90 Å². The van der Waals surface area contributed by atoms with Gasteiger partial charge in [-0.25, -0.2) is 9.78 Å². The van der Waals surface area contributed by atoms with Crippen LogP contribution in [0.1, 0.15) is 63.2 Å². The second kappa shape index (κ2) is 7.97. The van der Waals surface area contributed by atoms with Crippen molar-refractivity contribution in [3.05, 3.63) is 36.0 Å². The van der Waals surface area contributed by atoms with Gasteiger partial charge in [-0.15, -0.1) is 0 Å². The number of nitrogens with zero attached hydrogens (tertiary/aromatic N) is 1. The maximum absolute atomic E-state index is 11.4. The molecule has 6 heteroatoms. The number of aromatic nitrogens is 1. The zero-order chi connectivity index (χ0) is 21.5. The maximum atomic E-state index is 11.4. The number of rotatable bonds is 5. The number of hydrogen-bond acceptors (Lipinski definition) is 5. The predicted molar refractivity (Wildman–Crippen MR) is 112 cm³/mol. The van der Waals surface area contributed by atoms with E-state index < -0.39 is 5.97 Å². The standard InChI is InChI=1S/C24H33NO5/c1-15-7-8-19-23(3,11-9-20-24(19,4)14-29-16(2)30-20)18(15)10-13-28-21-17(22(26)27)6-5-12-25-21/h5-6,12,16,18-20H,1,7-11,13-14H2,2-4H3,(H,26,27)/t16-,18-,19?,20-,23+,24+/m1/s1. The van der Waals surface area contributed by atoms with Crippen molar-refractivity contribution in [3.63, 3.8) is 0 Å². The molecule has 3 aliphatic rings. The summed E-state index contributed by atoms with van der Waals surface area (Å²) in [6.07, 6.45) is 6.73. The monoisotopic (exact) mass is 415 g/mol. The summed E-state index contributed by atoms with van der Waals surface area (Å²) < 4.78 is 18.0. The molecule has 1 saturated heterocycles. The van der Waals surface area contributed by atoms with Crippen LogP contribution in [0.2, 0.25) is 0 Å². The molecule has 30 heavy (non-hydrogen) atoms. The van der Waals surface area contributed by atoms with Gasteiger partial charge in [0.2, 0.25) is 5.88 Å². The van der Waals surface area contributed by atoms with Gasteiger partial charge in [0.05, 0.1) is 19.3 Å². The van der Waals surface area contributed by atoms with Gasteiger partial charge in [-0.1, -0.05) is 26.0 Å². The number of fused-ring (bicyclic) bond motifs is 3. The highest BCUT2D eigenvalue weighted by molar-refractivity contribution is 5.90. The van der Waals surface area contributed by atoms with Crippen molar-refractivity contribution >= 4 is 5.97 Å². The molecule has 2 saturated carbocycles. The Balaban J connectivity index is 1.50. The van der Waals surface area contributed by atoms with Crippen LogP contribution >= 0.6 is 0 Å². The normalized spacial score (nSPS) is 38.4. The van der Waals surface area contributed by atoms with E-state index in [-0.39, 0.29) is 34.7 Å². The Kier molecular flexibility index (Phi) is 5.66. The number of carboxylic acids is 1. The molecule has 0 spiro atoms. The lowest BCUT2D eigenvalue weighted by molar-refractivity contribution is -0.297. The largest absolute Gasteiger partial charge is 0.477 e. The third kappa shape index (κ3) is 3.54. The molecule has 1 unspecified atom stereocenters. The summed E-state index contributed by atoms with van der Waals surface area (Å²) in [6.45, 7) is 12.3. The van der Waals surface area contributed by atoms with Crippen LogP contribution in [0.5, 0.6) is 5.88 Å². The zero-order valence-corrected chi connectivity index (χ0v) is 18.2. The highest BCUT2D eigenvalue weighted by atomic mass is 16.7. The first-order valence-electron chi connectivity index (χ1n) is 11.0. The Hall–Kier alpha value is -1.92. The second-order valence-corrected chi connectivity index (χ2v) is 9.65. The maximum Gasteiger partial charge on any atom is 0.341 e. The number of allylic oxidation sites excluding steroid dienone is 1. The van der Waals surface area contributed by atoms with Gasteiger partial charge in [-0.3, -0.25) is 0 Å². The summed E-state index contributed by atoms with van der Waals surface area (Å²) in [6, 6.07) is 3.13. The van der Waals surface area contributed by atoms with Crippen LogP contribution in [-0.2, 0) is 9.47 Å². The van der Waals surface area contributed by atoms with Crippen molar-refractivity contribution in [1.29, 1.82) is 0 Å². The third-order valence-corrected chi connectivity index (χ3v) is 7.95. The van der Waals surface area contributed by atoms with E-state index in [0.29, 0.717) is 18.4 Å². The van der Waals surface area contributed by atoms with Crippen LogP contribution in [-0.4, -0.2) is 41.7 Å².